The van der Waals surface area contributed by atoms with Crippen LogP contribution in [-0.4, -0.2) is 52.0 Å². The molecule has 0 aromatic carbocycles. The van der Waals surface area contributed by atoms with Crippen LogP contribution < -0.4 is 5.32 Å². The van der Waals surface area contributed by atoms with Crippen LogP contribution in [0.4, 0.5) is 5.82 Å². The molecule has 1 N–H and O–H groups in total. The summed E-state index contributed by atoms with van der Waals surface area (Å²) in [5.41, 5.74) is 1.27. The minimum atomic E-state index is 0.377. The van der Waals surface area contributed by atoms with Gasteiger partial charge in [-0.05, 0) is 12.1 Å². The minimum absolute atomic E-state index is 0.377. The number of likely N-dealkylation sites (tertiary alicyclic amines) is 1. The van der Waals surface area contributed by atoms with Crippen molar-refractivity contribution in [2.75, 3.05) is 31.6 Å². The number of nitrogens with one attached hydrogen (secondary N) is 1. The van der Waals surface area contributed by atoms with E-state index in [0.717, 1.165) is 38.6 Å². The van der Waals surface area contributed by atoms with Crippen molar-refractivity contribution in [3.05, 3.63) is 42.4 Å². The lowest BCUT2D eigenvalue weighted by molar-refractivity contribution is 0.0946. The maximum absolute atomic E-state index is 6.03. The fraction of sp³-hybridized carbons (Fsp3) is 0.529. The van der Waals surface area contributed by atoms with Crippen molar-refractivity contribution in [1.82, 2.24) is 19.7 Å². The van der Waals surface area contributed by atoms with Gasteiger partial charge in [-0.2, -0.15) is 5.10 Å². The summed E-state index contributed by atoms with van der Waals surface area (Å²) in [6.07, 6.45) is 6.24. The zero-order valence-electron chi connectivity index (χ0n) is 13.4. The van der Waals surface area contributed by atoms with E-state index in [2.05, 4.69) is 26.5 Å². The van der Waals surface area contributed by atoms with Crippen molar-refractivity contribution in [2.24, 2.45) is 18.9 Å². The van der Waals surface area contributed by atoms with Crippen molar-refractivity contribution in [2.45, 2.75) is 12.6 Å². The van der Waals surface area contributed by atoms with Gasteiger partial charge in [0.1, 0.15) is 5.82 Å². The van der Waals surface area contributed by atoms with Gasteiger partial charge in [-0.1, -0.05) is 6.07 Å². The van der Waals surface area contributed by atoms with Gasteiger partial charge >= 0.3 is 0 Å². The molecule has 2 fully saturated rings. The third-order valence-corrected chi connectivity index (χ3v) is 4.89. The molecule has 4 heterocycles. The van der Waals surface area contributed by atoms with Gasteiger partial charge in [0, 0.05) is 63.0 Å². The first kappa shape index (κ1) is 14.7. The summed E-state index contributed by atoms with van der Waals surface area (Å²) in [6, 6.07) is 5.96. The Labute approximate surface area is 136 Å². The molecule has 0 aliphatic carbocycles. The van der Waals surface area contributed by atoms with E-state index in [4.69, 9.17) is 4.74 Å². The van der Waals surface area contributed by atoms with Gasteiger partial charge in [0.25, 0.3) is 0 Å². The number of hydrogen-bond acceptors (Lipinski definition) is 5. The van der Waals surface area contributed by atoms with Crippen molar-refractivity contribution in [1.29, 1.82) is 0 Å². The van der Waals surface area contributed by atoms with Gasteiger partial charge in [-0.3, -0.25) is 9.58 Å². The average molecular weight is 313 g/mol. The van der Waals surface area contributed by atoms with Gasteiger partial charge in [-0.15, -0.1) is 0 Å². The van der Waals surface area contributed by atoms with Gasteiger partial charge in [0.2, 0.25) is 0 Å². The second-order valence-corrected chi connectivity index (χ2v) is 6.61. The number of hydrogen-bond donors (Lipinski definition) is 1. The minimum Gasteiger partial charge on any atom is -0.376 e. The molecular formula is C17H23N5O. The summed E-state index contributed by atoms with van der Waals surface area (Å²) in [5.74, 6) is 2.12. The van der Waals surface area contributed by atoms with Crippen LogP contribution in [-0.2, 0) is 18.3 Å². The Morgan fingerprint density at radius 2 is 2.30 bits per heavy atom. The number of aromatic nitrogens is 3. The van der Waals surface area contributed by atoms with Crippen molar-refractivity contribution >= 4 is 5.82 Å². The van der Waals surface area contributed by atoms with E-state index in [0.29, 0.717) is 17.9 Å². The highest BCUT2D eigenvalue weighted by Crippen LogP contribution is 2.34. The Kier molecular flexibility index (Phi) is 4.01. The summed E-state index contributed by atoms with van der Waals surface area (Å²) in [6.45, 7) is 4.88. The van der Waals surface area contributed by atoms with Crippen molar-refractivity contribution < 1.29 is 4.74 Å². The molecule has 0 radical (unpaired) electrons. The number of nitrogens with zero attached hydrogens (tertiary/aromatic N) is 4. The molecule has 6 heteroatoms. The lowest BCUT2D eigenvalue weighted by atomic mass is 9.93. The maximum Gasteiger partial charge on any atom is 0.125 e. The largest absolute Gasteiger partial charge is 0.376 e. The monoisotopic (exact) mass is 313 g/mol. The molecule has 23 heavy (non-hydrogen) atoms. The Morgan fingerprint density at radius 3 is 3.09 bits per heavy atom. The number of rotatable bonds is 5. The maximum atomic E-state index is 6.03. The van der Waals surface area contributed by atoms with Gasteiger partial charge in [0.15, 0.2) is 0 Å². The average Bonchev–Trinajstić information content (AvgIpc) is 3.23. The van der Waals surface area contributed by atoms with E-state index in [1.807, 2.05) is 42.3 Å². The van der Waals surface area contributed by atoms with E-state index in [1.165, 1.54) is 5.56 Å². The lowest BCUT2D eigenvalue weighted by Gasteiger charge is -2.19. The fourth-order valence-corrected chi connectivity index (χ4v) is 3.73. The van der Waals surface area contributed by atoms with Crippen molar-refractivity contribution in [3.63, 3.8) is 0 Å². The standard InChI is InChI=1S/C17H23N5O/c1-21-8-13(6-20-21)9-22-10-15-14(12-23-16(15)11-22)7-19-17-4-2-3-5-18-17/h2-6,8,14-16H,7,9-12H2,1H3,(H,18,19)/t14-,15-,16-/m1/s1. The van der Waals surface area contributed by atoms with Crippen LogP contribution in [0.2, 0.25) is 0 Å². The summed E-state index contributed by atoms with van der Waals surface area (Å²) >= 11 is 0. The second-order valence-electron chi connectivity index (χ2n) is 6.61. The molecule has 2 aromatic heterocycles. The zero-order chi connectivity index (χ0) is 15.6. The quantitative estimate of drug-likeness (QED) is 0.904. The van der Waals surface area contributed by atoms with E-state index in [-0.39, 0.29) is 0 Å². The van der Waals surface area contributed by atoms with Crippen LogP contribution in [0.5, 0.6) is 0 Å². The fourth-order valence-electron chi connectivity index (χ4n) is 3.73. The normalized spacial score (nSPS) is 27.3. The third kappa shape index (κ3) is 3.23. The third-order valence-electron chi connectivity index (χ3n) is 4.89. The Bertz CT molecular complexity index is 643. The van der Waals surface area contributed by atoms with E-state index in [1.54, 1.807) is 0 Å². The number of pyridine rings is 1. The lowest BCUT2D eigenvalue weighted by Crippen LogP contribution is -2.27. The van der Waals surface area contributed by atoms with Gasteiger partial charge in [-0.25, -0.2) is 4.98 Å². The molecule has 0 saturated carbocycles. The summed E-state index contributed by atoms with van der Waals surface area (Å²) in [4.78, 5) is 6.81. The number of fused-ring (bicyclic) bond motifs is 1. The molecule has 0 bridgehead atoms. The van der Waals surface area contributed by atoms with Gasteiger partial charge < -0.3 is 10.1 Å². The van der Waals surface area contributed by atoms with Gasteiger partial charge in [0.05, 0.1) is 18.9 Å². The van der Waals surface area contributed by atoms with Crippen LogP contribution in [0.25, 0.3) is 0 Å². The molecule has 0 spiro atoms. The topological polar surface area (TPSA) is 55.2 Å². The van der Waals surface area contributed by atoms with Crippen LogP contribution in [0.15, 0.2) is 36.8 Å². The first-order chi connectivity index (χ1) is 11.3. The van der Waals surface area contributed by atoms with Crippen LogP contribution in [0.3, 0.4) is 0 Å². The zero-order valence-corrected chi connectivity index (χ0v) is 13.4. The number of aryl methyl sites for hydroxylation is 1. The highest BCUT2D eigenvalue weighted by Gasteiger charge is 2.43. The van der Waals surface area contributed by atoms with E-state index >= 15 is 0 Å². The highest BCUT2D eigenvalue weighted by molar-refractivity contribution is 5.33. The Morgan fingerprint density at radius 1 is 1.35 bits per heavy atom. The molecule has 0 amide bonds. The molecule has 122 valence electrons. The molecule has 6 nitrogen and oxygen atoms in total. The summed E-state index contributed by atoms with van der Waals surface area (Å²) in [5, 5.41) is 7.69. The predicted molar refractivity (Wildman–Crippen MR) is 87.9 cm³/mol. The summed E-state index contributed by atoms with van der Waals surface area (Å²) < 4.78 is 7.89. The molecule has 3 atom stereocenters. The summed E-state index contributed by atoms with van der Waals surface area (Å²) in [7, 11) is 1.96. The SMILES string of the molecule is Cn1cc(CN2C[C@@H]3[C@H](CNc4ccccn4)CO[C@@H]3C2)cn1. The molecule has 4 rings (SSSR count). The van der Waals surface area contributed by atoms with E-state index < -0.39 is 0 Å². The molecule has 2 aliphatic rings. The Balaban J connectivity index is 1.32. The van der Waals surface area contributed by atoms with E-state index in [9.17, 15) is 0 Å². The highest BCUT2D eigenvalue weighted by atomic mass is 16.5. The van der Waals surface area contributed by atoms with Crippen LogP contribution >= 0.6 is 0 Å². The molecule has 0 unspecified atom stereocenters. The second kappa shape index (κ2) is 6.29. The van der Waals surface area contributed by atoms with Crippen LogP contribution in [0, 0.1) is 11.8 Å². The smallest absolute Gasteiger partial charge is 0.125 e. The predicted octanol–water partition coefficient (Wildman–Crippen LogP) is 1.37. The molecule has 2 aromatic rings. The van der Waals surface area contributed by atoms with Crippen molar-refractivity contribution in [3.8, 4) is 0 Å². The number of anilines is 1. The Hall–Kier alpha value is -1.92. The molecule has 2 saturated heterocycles. The first-order valence-electron chi connectivity index (χ1n) is 8.24. The molecular weight excluding hydrogens is 290 g/mol. The number of ether oxygens (including phenoxy) is 1. The molecule has 2 aliphatic heterocycles. The first-order valence-corrected chi connectivity index (χ1v) is 8.24. The van der Waals surface area contributed by atoms with Crippen LogP contribution in [0.1, 0.15) is 5.56 Å².